The number of esters is 1. The van der Waals surface area contributed by atoms with E-state index in [-0.39, 0.29) is 24.1 Å². The van der Waals surface area contributed by atoms with Crippen LogP contribution in [0.15, 0.2) is 60.8 Å². The van der Waals surface area contributed by atoms with E-state index < -0.39 is 6.35 Å². The number of ether oxygens (including phenoxy) is 3. The molecule has 41 heavy (non-hydrogen) atoms. The first-order chi connectivity index (χ1) is 20.0. The molecular weight excluding hydrogens is 518 g/mol. The van der Waals surface area contributed by atoms with Gasteiger partial charge in [0, 0.05) is 23.5 Å². The van der Waals surface area contributed by atoms with Crippen LogP contribution in [-0.4, -0.2) is 47.8 Å². The van der Waals surface area contributed by atoms with Crippen LogP contribution in [0.4, 0.5) is 11.4 Å². The van der Waals surface area contributed by atoms with Crippen LogP contribution >= 0.6 is 0 Å². The number of aromatic nitrogens is 1. The van der Waals surface area contributed by atoms with Crippen molar-refractivity contribution in [2.24, 2.45) is 5.92 Å². The second kappa shape index (κ2) is 13.3. The van der Waals surface area contributed by atoms with Crippen LogP contribution in [0.2, 0.25) is 0 Å². The van der Waals surface area contributed by atoms with Crippen molar-refractivity contribution in [3.05, 3.63) is 66.4 Å². The van der Waals surface area contributed by atoms with E-state index in [1.165, 1.54) is 0 Å². The fourth-order valence-corrected chi connectivity index (χ4v) is 5.66. The van der Waals surface area contributed by atoms with Gasteiger partial charge < -0.3 is 29.5 Å². The number of hydrogen-bond donors (Lipinski definition) is 2. The van der Waals surface area contributed by atoms with Crippen LogP contribution in [0.25, 0.3) is 11.1 Å². The molecule has 0 saturated heterocycles. The number of pyridine rings is 1. The lowest BCUT2D eigenvalue weighted by atomic mass is 9.87. The standard InChI is InChI=1S/C33H41N3O5/c1-4-22-9-7-8-10-28(22)35-33(38)36-21-26(5-2)40-30-19-24(13-17-29(30)36)25-14-18-31(34-20-25)41-27-15-11-23(12-16-27)32(37)39-6-3/h7-10,13-14,17-20,23,26-27,33,35,38H,4-6,11-12,15-16,21H2,1-3H3/t23?,26?,27?,33-/m1/s1. The lowest BCUT2D eigenvalue weighted by molar-refractivity contribution is -0.149. The summed E-state index contributed by atoms with van der Waals surface area (Å²) in [5, 5.41) is 14.5. The van der Waals surface area contributed by atoms with Crippen molar-refractivity contribution in [1.29, 1.82) is 0 Å². The normalized spacial score (nSPS) is 20.9. The van der Waals surface area contributed by atoms with Gasteiger partial charge in [0.1, 0.15) is 18.0 Å². The Bertz CT molecular complexity index is 1310. The minimum Gasteiger partial charge on any atom is -0.486 e. The van der Waals surface area contributed by atoms with Gasteiger partial charge in [-0.3, -0.25) is 4.79 Å². The summed E-state index contributed by atoms with van der Waals surface area (Å²) in [4.78, 5) is 18.5. The van der Waals surface area contributed by atoms with Crippen molar-refractivity contribution >= 4 is 17.3 Å². The van der Waals surface area contributed by atoms with E-state index in [0.717, 1.165) is 72.3 Å². The Balaban J connectivity index is 1.26. The molecule has 218 valence electrons. The Morgan fingerprint density at radius 1 is 1.07 bits per heavy atom. The fraction of sp³-hybridized carbons (Fsp3) is 0.455. The molecule has 0 spiro atoms. The summed E-state index contributed by atoms with van der Waals surface area (Å²) in [6.07, 6.45) is 5.83. The summed E-state index contributed by atoms with van der Waals surface area (Å²) in [6, 6.07) is 18.0. The van der Waals surface area contributed by atoms with Crippen molar-refractivity contribution in [1.82, 2.24) is 4.98 Å². The van der Waals surface area contributed by atoms with Gasteiger partial charge in [-0.15, -0.1) is 0 Å². The molecule has 1 aliphatic carbocycles. The Labute approximate surface area is 242 Å². The predicted octanol–water partition coefficient (Wildman–Crippen LogP) is 6.18. The zero-order chi connectivity index (χ0) is 28.8. The molecule has 2 atom stereocenters. The third kappa shape index (κ3) is 6.76. The minimum absolute atomic E-state index is 0.0244. The molecule has 2 aromatic carbocycles. The number of aliphatic hydroxyl groups excluding tert-OH is 1. The number of nitrogens with zero attached hydrogens (tertiary/aromatic N) is 2. The quantitative estimate of drug-likeness (QED) is 0.225. The number of aliphatic hydroxyl groups is 1. The summed E-state index contributed by atoms with van der Waals surface area (Å²) in [5.74, 6) is 1.21. The Kier molecular flexibility index (Phi) is 9.29. The molecule has 8 nitrogen and oxygen atoms in total. The van der Waals surface area contributed by atoms with Gasteiger partial charge in [-0.1, -0.05) is 38.1 Å². The third-order valence-electron chi connectivity index (χ3n) is 8.05. The Hall–Kier alpha value is -3.78. The van der Waals surface area contributed by atoms with Crippen LogP contribution < -0.4 is 19.7 Å². The van der Waals surface area contributed by atoms with Crippen molar-refractivity contribution in [2.45, 2.75) is 77.9 Å². The van der Waals surface area contributed by atoms with E-state index in [0.29, 0.717) is 19.0 Å². The zero-order valence-corrected chi connectivity index (χ0v) is 24.2. The lowest BCUT2D eigenvalue weighted by Crippen LogP contribution is -2.49. The predicted molar refractivity (Wildman–Crippen MR) is 160 cm³/mol. The van der Waals surface area contributed by atoms with Gasteiger partial charge in [-0.2, -0.15) is 0 Å². The smallest absolute Gasteiger partial charge is 0.308 e. The first-order valence-corrected chi connectivity index (χ1v) is 14.9. The van der Waals surface area contributed by atoms with Crippen LogP contribution in [0.1, 0.15) is 58.4 Å². The maximum atomic E-state index is 12.0. The third-order valence-corrected chi connectivity index (χ3v) is 8.05. The van der Waals surface area contributed by atoms with Crippen molar-refractivity contribution in [3.63, 3.8) is 0 Å². The van der Waals surface area contributed by atoms with E-state index >= 15 is 0 Å². The van der Waals surface area contributed by atoms with Crippen LogP contribution in [-0.2, 0) is 16.0 Å². The van der Waals surface area contributed by atoms with Crippen molar-refractivity contribution < 1.29 is 24.1 Å². The molecule has 2 N–H and O–H groups in total. The average Bonchev–Trinajstić information content (AvgIpc) is 3.01. The number of carbonyl (C=O) groups excluding carboxylic acids is 1. The number of fused-ring (bicyclic) bond motifs is 1. The molecule has 1 aromatic heterocycles. The molecule has 1 fully saturated rings. The van der Waals surface area contributed by atoms with Gasteiger partial charge >= 0.3 is 5.97 Å². The molecule has 0 bridgehead atoms. The second-order valence-corrected chi connectivity index (χ2v) is 10.7. The summed E-state index contributed by atoms with van der Waals surface area (Å²) >= 11 is 0. The first kappa shape index (κ1) is 28.7. The Morgan fingerprint density at radius 2 is 1.85 bits per heavy atom. The molecule has 8 heteroatoms. The minimum atomic E-state index is -0.893. The highest BCUT2D eigenvalue weighted by atomic mass is 16.5. The molecule has 3 aromatic rings. The van der Waals surface area contributed by atoms with Crippen LogP contribution in [0.5, 0.6) is 11.6 Å². The molecule has 1 unspecified atom stereocenters. The molecular formula is C33H41N3O5. The van der Waals surface area contributed by atoms with Gasteiger partial charge in [0.25, 0.3) is 0 Å². The van der Waals surface area contributed by atoms with E-state index in [1.54, 1.807) is 0 Å². The number of benzene rings is 2. The molecule has 5 rings (SSSR count). The molecule has 1 aliphatic heterocycles. The monoisotopic (exact) mass is 559 g/mol. The highest BCUT2D eigenvalue weighted by molar-refractivity contribution is 5.73. The fourth-order valence-electron chi connectivity index (χ4n) is 5.66. The van der Waals surface area contributed by atoms with Gasteiger partial charge in [0.15, 0.2) is 0 Å². The number of anilines is 2. The molecule has 2 aliphatic rings. The van der Waals surface area contributed by atoms with Crippen molar-refractivity contribution in [2.75, 3.05) is 23.4 Å². The molecule has 1 saturated carbocycles. The highest BCUT2D eigenvalue weighted by Crippen LogP contribution is 2.39. The van der Waals surface area contributed by atoms with E-state index in [4.69, 9.17) is 14.2 Å². The second-order valence-electron chi connectivity index (χ2n) is 10.7. The summed E-state index contributed by atoms with van der Waals surface area (Å²) < 4.78 is 17.6. The van der Waals surface area contributed by atoms with Crippen molar-refractivity contribution in [3.8, 4) is 22.8 Å². The number of aryl methyl sites for hydroxylation is 1. The number of rotatable bonds is 10. The van der Waals surface area contributed by atoms with E-state index in [2.05, 4.69) is 30.2 Å². The summed E-state index contributed by atoms with van der Waals surface area (Å²) in [5.41, 5.74) is 4.87. The maximum Gasteiger partial charge on any atom is 0.308 e. The van der Waals surface area contributed by atoms with Crippen LogP contribution in [0.3, 0.4) is 0 Å². The topological polar surface area (TPSA) is 93.2 Å². The first-order valence-electron chi connectivity index (χ1n) is 14.9. The largest absolute Gasteiger partial charge is 0.486 e. The van der Waals surface area contributed by atoms with Crippen LogP contribution in [0, 0.1) is 5.92 Å². The number of hydrogen-bond acceptors (Lipinski definition) is 8. The molecule has 0 amide bonds. The zero-order valence-electron chi connectivity index (χ0n) is 24.2. The van der Waals surface area contributed by atoms with Gasteiger partial charge in [0.05, 0.1) is 24.8 Å². The maximum absolute atomic E-state index is 12.0. The number of nitrogens with one attached hydrogen (secondary N) is 1. The molecule has 0 radical (unpaired) electrons. The van der Waals surface area contributed by atoms with E-state index in [9.17, 15) is 9.90 Å². The highest BCUT2D eigenvalue weighted by Gasteiger charge is 2.30. The number of carbonyl (C=O) groups is 1. The lowest BCUT2D eigenvalue weighted by Gasteiger charge is -2.39. The summed E-state index contributed by atoms with van der Waals surface area (Å²) in [7, 11) is 0. The number of para-hydroxylation sites is 1. The average molecular weight is 560 g/mol. The SMILES string of the molecule is CCOC(=O)C1CCC(Oc2ccc(-c3ccc4c(c3)OC(CC)CN4[C@H](O)Nc3ccccc3CC)cn2)CC1. The molecule has 2 heterocycles. The Morgan fingerprint density at radius 3 is 2.56 bits per heavy atom. The van der Waals surface area contributed by atoms with Gasteiger partial charge in [-0.25, -0.2) is 4.98 Å². The summed E-state index contributed by atoms with van der Waals surface area (Å²) in [6.45, 7) is 7.05. The van der Waals surface area contributed by atoms with Gasteiger partial charge in [0.2, 0.25) is 12.2 Å². The van der Waals surface area contributed by atoms with E-state index in [1.807, 2.05) is 66.6 Å². The van der Waals surface area contributed by atoms with Gasteiger partial charge in [-0.05, 0) is 80.8 Å².